The molecule has 0 amide bonds. The number of allylic oxidation sites excluding steroid dienone is 2. The van der Waals surface area contributed by atoms with Crippen LogP contribution in [0.1, 0.15) is 12.5 Å². The zero-order chi connectivity index (χ0) is 39.2. The Morgan fingerprint density at radius 2 is 1.05 bits per heavy atom. The topological polar surface area (TPSA) is 33.9 Å². The van der Waals surface area contributed by atoms with Crippen LogP contribution in [0.4, 0.5) is 17.1 Å². The van der Waals surface area contributed by atoms with E-state index in [1.54, 1.807) is 0 Å². The van der Waals surface area contributed by atoms with Gasteiger partial charge in [0.05, 0.1) is 16.4 Å². The van der Waals surface area contributed by atoms with E-state index in [1.165, 1.54) is 38.3 Å². The quantitative estimate of drug-likeness (QED) is 0.169. The highest BCUT2D eigenvalue weighted by molar-refractivity contribution is 6.14. The molecule has 4 aromatic heterocycles. The summed E-state index contributed by atoms with van der Waals surface area (Å²) in [7, 11) is 0. The van der Waals surface area contributed by atoms with E-state index >= 15 is 0 Å². The number of nitrogens with zero attached hydrogens (tertiary/aromatic N) is 2. The molecule has 0 aliphatic heterocycles. The van der Waals surface area contributed by atoms with E-state index in [9.17, 15) is 0 Å². The molecular formula is C55H36N2O2. The molecule has 0 saturated carbocycles. The van der Waals surface area contributed by atoms with Crippen molar-refractivity contribution >= 4 is 106 Å². The van der Waals surface area contributed by atoms with Gasteiger partial charge in [0.2, 0.25) is 0 Å². The third kappa shape index (κ3) is 5.16. The van der Waals surface area contributed by atoms with Gasteiger partial charge >= 0.3 is 0 Å². The van der Waals surface area contributed by atoms with Crippen molar-refractivity contribution in [1.29, 1.82) is 0 Å². The average Bonchev–Trinajstić information content (AvgIpc) is 4.02. The van der Waals surface area contributed by atoms with Crippen molar-refractivity contribution in [1.82, 2.24) is 4.40 Å². The molecule has 0 aliphatic rings. The van der Waals surface area contributed by atoms with E-state index in [0.29, 0.717) is 0 Å². The van der Waals surface area contributed by atoms with E-state index in [4.69, 9.17) is 8.83 Å². The van der Waals surface area contributed by atoms with E-state index < -0.39 is 0 Å². The van der Waals surface area contributed by atoms with Crippen molar-refractivity contribution in [2.24, 2.45) is 0 Å². The van der Waals surface area contributed by atoms with Crippen molar-refractivity contribution < 1.29 is 8.83 Å². The second-order valence-electron chi connectivity index (χ2n) is 15.5. The van der Waals surface area contributed by atoms with Gasteiger partial charge in [-0.15, -0.1) is 0 Å². The second kappa shape index (κ2) is 12.9. The molecule has 0 unspecified atom stereocenters. The number of benzene rings is 8. The number of para-hydroxylation sites is 3. The molecule has 0 radical (unpaired) electrons. The molecule has 0 saturated heterocycles. The van der Waals surface area contributed by atoms with Gasteiger partial charge in [0.25, 0.3) is 0 Å². The van der Waals surface area contributed by atoms with Gasteiger partial charge in [0.15, 0.2) is 0 Å². The van der Waals surface area contributed by atoms with Crippen molar-refractivity contribution in [2.45, 2.75) is 6.92 Å². The van der Waals surface area contributed by atoms with Gasteiger partial charge in [-0.25, -0.2) is 0 Å². The molecule has 278 valence electrons. The summed E-state index contributed by atoms with van der Waals surface area (Å²) in [6.45, 7) is 6.69. The number of rotatable bonds is 6. The van der Waals surface area contributed by atoms with Gasteiger partial charge in [-0.3, -0.25) is 0 Å². The van der Waals surface area contributed by atoms with E-state index in [2.05, 4.69) is 193 Å². The first-order chi connectivity index (χ1) is 29.1. The molecule has 0 atom stereocenters. The minimum atomic E-state index is 0.831. The van der Waals surface area contributed by atoms with Crippen LogP contribution in [0.15, 0.2) is 191 Å². The lowest BCUT2D eigenvalue weighted by Gasteiger charge is -2.25. The van der Waals surface area contributed by atoms with Crippen LogP contribution in [-0.2, 0) is 0 Å². The molecule has 0 bridgehead atoms. The Balaban J connectivity index is 0.951. The van der Waals surface area contributed by atoms with Crippen molar-refractivity contribution in [2.75, 3.05) is 4.90 Å². The maximum absolute atomic E-state index is 6.70. The summed E-state index contributed by atoms with van der Waals surface area (Å²) in [5.41, 5.74) is 13.5. The fraction of sp³-hybridized carbons (Fsp3) is 0.0182. The van der Waals surface area contributed by atoms with E-state index in [1.807, 2.05) is 18.2 Å². The van der Waals surface area contributed by atoms with Crippen LogP contribution in [0.5, 0.6) is 0 Å². The van der Waals surface area contributed by atoms with Crippen LogP contribution in [0.2, 0.25) is 0 Å². The second-order valence-corrected chi connectivity index (χ2v) is 15.5. The number of aromatic nitrogens is 1. The molecule has 0 fully saturated rings. The summed E-state index contributed by atoms with van der Waals surface area (Å²) in [5.74, 6) is 0. The highest BCUT2D eigenvalue weighted by atomic mass is 16.3. The molecule has 0 spiro atoms. The lowest BCUT2D eigenvalue weighted by atomic mass is 10.0. The third-order valence-corrected chi connectivity index (χ3v) is 12.1. The number of furan rings is 2. The largest absolute Gasteiger partial charge is 0.456 e. The van der Waals surface area contributed by atoms with Crippen LogP contribution in [0, 0.1) is 0 Å². The summed E-state index contributed by atoms with van der Waals surface area (Å²) in [5, 5.41) is 10.2. The minimum Gasteiger partial charge on any atom is -0.456 e. The lowest BCUT2D eigenvalue weighted by Crippen LogP contribution is -2.24. The first-order valence-corrected chi connectivity index (χ1v) is 20.0. The van der Waals surface area contributed by atoms with E-state index in [0.717, 1.165) is 82.6 Å². The average molecular weight is 757 g/mol. The van der Waals surface area contributed by atoms with Gasteiger partial charge < -0.3 is 18.1 Å². The smallest absolute Gasteiger partial charge is 0.137 e. The van der Waals surface area contributed by atoms with Gasteiger partial charge in [-0.2, -0.15) is 0 Å². The normalized spacial score (nSPS) is 12.8. The van der Waals surface area contributed by atoms with Gasteiger partial charge in [-0.1, -0.05) is 116 Å². The van der Waals surface area contributed by atoms with Crippen LogP contribution >= 0.6 is 0 Å². The maximum Gasteiger partial charge on any atom is 0.137 e. The Hall–Kier alpha value is -7.82. The van der Waals surface area contributed by atoms with Crippen LogP contribution in [0.25, 0.3) is 100 Å². The summed E-state index contributed by atoms with van der Waals surface area (Å²) >= 11 is 0. The Kier molecular flexibility index (Phi) is 7.26. The zero-order valence-corrected chi connectivity index (χ0v) is 32.3. The molecular weight excluding hydrogens is 721 g/mol. The molecule has 4 nitrogen and oxygen atoms in total. The Bertz CT molecular complexity index is 3750. The van der Waals surface area contributed by atoms with Gasteiger partial charge in [-0.05, 0) is 95.9 Å². The first-order valence-electron chi connectivity index (χ1n) is 20.0. The van der Waals surface area contributed by atoms with Gasteiger partial charge in [0, 0.05) is 72.1 Å². The third-order valence-electron chi connectivity index (χ3n) is 12.1. The van der Waals surface area contributed by atoms with Gasteiger partial charge in [0.1, 0.15) is 22.3 Å². The monoisotopic (exact) mass is 756 g/mol. The molecule has 4 heterocycles. The molecule has 59 heavy (non-hydrogen) atoms. The summed E-state index contributed by atoms with van der Waals surface area (Å²) < 4.78 is 15.4. The fourth-order valence-corrected chi connectivity index (χ4v) is 9.15. The SMILES string of the molecule is C=c1/c(=C\C=C(/C)c2ccc3c(c2)oc2cc(N(c4ccc(-c5ccccc5)cc4)c4ccc5c(c4)oc4ccccc45)ccc23)n2c3ccccc3c3cccc1c32. The highest BCUT2D eigenvalue weighted by Gasteiger charge is 2.19. The fourth-order valence-electron chi connectivity index (χ4n) is 9.15. The van der Waals surface area contributed by atoms with Crippen molar-refractivity contribution in [3.63, 3.8) is 0 Å². The summed E-state index contributed by atoms with van der Waals surface area (Å²) in [6, 6.07) is 62.1. The minimum absolute atomic E-state index is 0.831. The molecule has 0 N–H and O–H groups in total. The van der Waals surface area contributed by atoms with Crippen LogP contribution < -0.4 is 15.5 Å². The first kappa shape index (κ1) is 33.3. The van der Waals surface area contributed by atoms with Crippen molar-refractivity contribution in [3.8, 4) is 11.1 Å². The predicted molar refractivity (Wildman–Crippen MR) is 248 cm³/mol. The summed E-state index contributed by atoms with van der Waals surface area (Å²) in [6.07, 6.45) is 4.41. The number of fused-ring (bicyclic) bond motifs is 9. The molecule has 12 aromatic rings. The van der Waals surface area contributed by atoms with Crippen LogP contribution in [0.3, 0.4) is 0 Å². The Morgan fingerprint density at radius 1 is 0.492 bits per heavy atom. The summed E-state index contributed by atoms with van der Waals surface area (Å²) in [4.78, 5) is 2.27. The Labute approximate surface area is 339 Å². The molecule has 4 heteroatoms. The maximum atomic E-state index is 6.70. The standard InChI is InChI=1S/C55H36N2O2/c1-34(19-30-49-35(2)42-15-10-16-48-43-13-6-8-17-50(43)57(49)55(42)48)38-22-27-45-47-29-26-41(33-54(47)59-52(45)31-38)56(39-23-20-37(21-24-39)36-11-4-3-5-12-36)40-25-28-46-44-14-7-9-18-51(44)58-53(46)32-40/h3-33H,2H2,1H3/b34-19+,49-30+. The molecule has 8 aromatic carbocycles. The number of anilines is 3. The van der Waals surface area contributed by atoms with Crippen molar-refractivity contribution in [3.05, 3.63) is 198 Å². The predicted octanol–water partition coefficient (Wildman–Crippen LogP) is 13.9. The van der Waals surface area contributed by atoms with E-state index in [-0.39, 0.29) is 0 Å². The lowest BCUT2D eigenvalue weighted by molar-refractivity contribution is 0.669. The zero-order valence-electron chi connectivity index (χ0n) is 32.3. The number of hydrogen-bond acceptors (Lipinski definition) is 3. The van der Waals surface area contributed by atoms with Crippen LogP contribution in [-0.4, -0.2) is 4.40 Å². The Morgan fingerprint density at radius 3 is 1.81 bits per heavy atom. The molecule has 12 rings (SSSR count). The number of hydrogen-bond donors (Lipinski definition) is 0. The highest BCUT2D eigenvalue weighted by Crippen LogP contribution is 2.41. The molecule has 0 aliphatic carbocycles.